The molecule has 82 valence electrons. The van der Waals surface area contributed by atoms with Crippen LogP contribution in [0.3, 0.4) is 0 Å². The highest BCUT2D eigenvalue weighted by Gasteiger charge is 2.36. The van der Waals surface area contributed by atoms with E-state index in [2.05, 4.69) is 30.9 Å². The average molecular weight is 213 g/mol. The molecule has 1 saturated heterocycles. The maximum absolute atomic E-state index is 3.79. The van der Waals surface area contributed by atoms with Crippen molar-refractivity contribution >= 4 is 11.8 Å². The summed E-state index contributed by atoms with van der Waals surface area (Å²) in [6.07, 6.45) is 8.43. The molecule has 0 amide bonds. The largest absolute Gasteiger partial charge is 0.303 e. The highest BCUT2D eigenvalue weighted by Crippen LogP contribution is 2.42. The van der Waals surface area contributed by atoms with E-state index < -0.39 is 0 Å². The third-order valence-electron chi connectivity index (χ3n) is 3.74. The fourth-order valence-electron chi connectivity index (χ4n) is 2.77. The van der Waals surface area contributed by atoms with Crippen molar-refractivity contribution in [1.82, 2.24) is 5.32 Å². The lowest BCUT2D eigenvalue weighted by Gasteiger charge is -2.40. The number of thioether (sulfide) groups is 1. The van der Waals surface area contributed by atoms with E-state index >= 15 is 0 Å². The molecule has 1 aliphatic heterocycles. The first-order valence-corrected chi connectivity index (χ1v) is 7.01. The quantitative estimate of drug-likeness (QED) is 0.662. The fraction of sp³-hybridized carbons (Fsp3) is 1.00. The van der Waals surface area contributed by atoms with Crippen LogP contribution < -0.4 is 5.32 Å². The monoisotopic (exact) mass is 213 g/mol. The van der Waals surface area contributed by atoms with Gasteiger partial charge in [0.15, 0.2) is 0 Å². The zero-order valence-electron chi connectivity index (χ0n) is 9.51. The van der Waals surface area contributed by atoms with Crippen molar-refractivity contribution in [3.8, 4) is 0 Å². The van der Waals surface area contributed by atoms with Gasteiger partial charge >= 0.3 is 0 Å². The van der Waals surface area contributed by atoms with Crippen LogP contribution in [0.5, 0.6) is 0 Å². The Balaban J connectivity index is 1.99. The molecule has 1 spiro atoms. The maximum atomic E-state index is 3.79. The molecule has 3 unspecified atom stereocenters. The first-order valence-electron chi connectivity index (χ1n) is 6.13. The molecule has 2 fully saturated rings. The third-order valence-corrected chi connectivity index (χ3v) is 5.39. The van der Waals surface area contributed by atoms with E-state index in [4.69, 9.17) is 0 Å². The van der Waals surface area contributed by atoms with E-state index in [0.717, 1.165) is 11.2 Å². The molecule has 0 aromatic carbocycles. The maximum Gasteiger partial charge on any atom is 0.0648 e. The summed E-state index contributed by atoms with van der Waals surface area (Å²) in [6, 6.07) is 0. The van der Waals surface area contributed by atoms with E-state index in [1.807, 2.05) is 0 Å². The molecule has 2 heteroatoms. The number of hydrogen-bond donors (Lipinski definition) is 1. The molecular formula is C12H23NS. The number of rotatable bonds is 0. The highest BCUT2D eigenvalue weighted by molar-refractivity contribution is 8.01. The van der Waals surface area contributed by atoms with E-state index in [9.17, 15) is 0 Å². The van der Waals surface area contributed by atoms with Crippen LogP contribution in [0.1, 0.15) is 52.4 Å². The van der Waals surface area contributed by atoms with Gasteiger partial charge in [-0.25, -0.2) is 0 Å². The van der Waals surface area contributed by atoms with Crippen molar-refractivity contribution in [3.05, 3.63) is 0 Å². The van der Waals surface area contributed by atoms with Crippen LogP contribution in [0.2, 0.25) is 0 Å². The van der Waals surface area contributed by atoms with Gasteiger partial charge in [-0.05, 0) is 38.1 Å². The summed E-state index contributed by atoms with van der Waals surface area (Å²) in [4.78, 5) is 0.461. The van der Waals surface area contributed by atoms with Gasteiger partial charge in [0.2, 0.25) is 0 Å². The molecular weight excluding hydrogens is 190 g/mol. The molecule has 2 rings (SSSR count). The lowest BCUT2D eigenvalue weighted by Crippen LogP contribution is -2.47. The van der Waals surface area contributed by atoms with E-state index in [0.29, 0.717) is 4.87 Å². The lowest BCUT2D eigenvalue weighted by molar-refractivity contribution is 0.389. The molecule has 0 bridgehead atoms. The molecule has 14 heavy (non-hydrogen) atoms. The molecule has 0 aromatic rings. The first-order chi connectivity index (χ1) is 6.70. The van der Waals surface area contributed by atoms with Gasteiger partial charge in [0.05, 0.1) is 4.87 Å². The van der Waals surface area contributed by atoms with Gasteiger partial charge in [0.1, 0.15) is 0 Å². The summed E-state index contributed by atoms with van der Waals surface area (Å²) in [7, 11) is 0. The highest BCUT2D eigenvalue weighted by atomic mass is 32.2. The van der Waals surface area contributed by atoms with Gasteiger partial charge in [-0.1, -0.05) is 26.7 Å². The van der Waals surface area contributed by atoms with Gasteiger partial charge in [-0.15, -0.1) is 11.8 Å². The Labute approximate surface area is 92.4 Å². The van der Waals surface area contributed by atoms with Crippen LogP contribution in [0.4, 0.5) is 0 Å². The topological polar surface area (TPSA) is 12.0 Å². The Hall–Kier alpha value is 0.310. The van der Waals surface area contributed by atoms with Crippen LogP contribution in [0, 0.1) is 5.92 Å². The summed E-state index contributed by atoms with van der Waals surface area (Å²) in [5.74, 6) is 0.953. The SMILES string of the molecule is CC1CCCC2(CC1)NCCC(C)S2. The molecule has 1 aliphatic carbocycles. The zero-order valence-corrected chi connectivity index (χ0v) is 10.3. The second-order valence-corrected chi connectivity index (χ2v) is 7.00. The van der Waals surface area contributed by atoms with Crippen LogP contribution in [-0.4, -0.2) is 16.7 Å². The summed E-state index contributed by atoms with van der Waals surface area (Å²) in [5, 5.41) is 4.65. The Morgan fingerprint density at radius 3 is 2.79 bits per heavy atom. The van der Waals surface area contributed by atoms with Crippen molar-refractivity contribution in [3.63, 3.8) is 0 Å². The average Bonchev–Trinajstić information content (AvgIpc) is 2.30. The van der Waals surface area contributed by atoms with Gasteiger partial charge < -0.3 is 5.32 Å². The predicted molar refractivity (Wildman–Crippen MR) is 64.7 cm³/mol. The zero-order chi connectivity index (χ0) is 10.0. The molecule has 1 heterocycles. The summed E-state index contributed by atoms with van der Waals surface area (Å²) in [6.45, 7) is 6.04. The summed E-state index contributed by atoms with van der Waals surface area (Å²) in [5.41, 5.74) is 0. The van der Waals surface area contributed by atoms with Crippen LogP contribution in [0.15, 0.2) is 0 Å². The Kier molecular flexibility index (Phi) is 3.43. The van der Waals surface area contributed by atoms with Crippen molar-refractivity contribution < 1.29 is 0 Å². The molecule has 0 radical (unpaired) electrons. The predicted octanol–water partition coefficient (Wildman–Crippen LogP) is 3.40. The van der Waals surface area contributed by atoms with E-state index in [1.54, 1.807) is 0 Å². The van der Waals surface area contributed by atoms with Gasteiger partial charge in [-0.2, -0.15) is 0 Å². The van der Waals surface area contributed by atoms with E-state index in [1.165, 1.54) is 45.1 Å². The smallest absolute Gasteiger partial charge is 0.0648 e. The first kappa shape index (κ1) is 10.8. The van der Waals surface area contributed by atoms with Gasteiger partial charge in [0.25, 0.3) is 0 Å². The standard InChI is InChI=1S/C12H23NS/c1-10-4-3-7-12(8-5-10)13-9-6-11(2)14-12/h10-11,13H,3-9H2,1-2H3. The fourth-order valence-corrected chi connectivity index (χ4v) is 4.46. The van der Waals surface area contributed by atoms with Crippen LogP contribution in [-0.2, 0) is 0 Å². The summed E-state index contributed by atoms with van der Waals surface area (Å²) >= 11 is 2.21. The minimum Gasteiger partial charge on any atom is -0.303 e. The van der Waals surface area contributed by atoms with Crippen molar-refractivity contribution in [2.45, 2.75) is 62.5 Å². The minimum absolute atomic E-state index is 0.461. The second kappa shape index (κ2) is 4.44. The molecule has 1 saturated carbocycles. The normalized spacial score (nSPS) is 45.0. The van der Waals surface area contributed by atoms with Crippen LogP contribution >= 0.6 is 11.8 Å². The van der Waals surface area contributed by atoms with E-state index in [-0.39, 0.29) is 0 Å². The molecule has 3 atom stereocenters. The molecule has 2 aliphatic rings. The molecule has 1 N–H and O–H groups in total. The van der Waals surface area contributed by atoms with Crippen molar-refractivity contribution in [2.75, 3.05) is 6.54 Å². The second-order valence-electron chi connectivity index (χ2n) is 5.17. The Morgan fingerprint density at radius 1 is 1.14 bits per heavy atom. The van der Waals surface area contributed by atoms with Gasteiger partial charge in [0, 0.05) is 5.25 Å². The number of hydrogen-bond acceptors (Lipinski definition) is 2. The summed E-state index contributed by atoms with van der Waals surface area (Å²) < 4.78 is 0. The van der Waals surface area contributed by atoms with Crippen molar-refractivity contribution in [2.24, 2.45) is 5.92 Å². The lowest BCUT2D eigenvalue weighted by atomic mass is 10.0. The molecule has 0 aromatic heterocycles. The Morgan fingerprint density at radius 2 is 2.00 bits per heavy atom. The van der Waals surface area contributed by atoms with Crippen LogP contribution in [0.25, 0.3) is 0 Å². The molecule has 1 nitrogen and oxygen atoms in total. The van der Waals surface area contributed by atoms with Crippen molar-refractivity contribution in [1.29, 1.82) is 0 Å². The Bertz CT molecular complexity index is 195. The number of nitrogens with one attached hydrogen (secondary N) is 1. The third kappa shape index (κ3) is 2.46. The minimum atomic E-state index is 0.461. The van der Waals surface area contributed by atoms with Gasteiger partial charge in [-0.3, -0.25) is 0 Å².